The van der Waals surface area contributed by atoms with E-state index >= 15 is 0 Å². The number of anilines is 1. The first kappa shape index (κ1) is 11.9. The quantitative estimate of drug-likeness (QED) is 0.841. The molecule has 1 aromatic rings. The molecule has 0 aromatic carbocycles. The van der Waals surface area contributed by atoms with Crippen LogP contribution in [0.5, 0.6) is 0 Å². The fourth-order valence-electron chi connectivity index (χ4n) is 1.21. The van der Waals surface area contributed by atoms with Crippen molar-refractivity contribution in [3.8, 4) is 0 Å². The van der Waals surface area contributed by atoms with Gasteiger partial charge in [0.15, 0.2) is 0 Å². The van der Waals surface area contributed by atoms with Crippen LogP contribution in [0.2, 0.25) is 0 Å². The van der Waals surface area contributed by atoms with Crippen LogP contribution in [-0.4, -0.2) is 20.2 Å². The molecule has 3 nitrogen and oxygen atoms in total. The van der Waals surface area contributed by atoms with E-state index < -0.39 is 0 Å². The van der Waals surface area contributed by atoms with Crippen molar-refractivity contribution in [3.63, 3.8) is 0 Å². The highest BCUT2D eigenvalue weighted by molar-refractivity contribution is 9.09. The van der Waals surface area contributed by atoms with Crippen molar-refractivity contribution in [2.75, 3.05) is 5.32 Å². The van der Waals surface area contributed by atoms with Gasteiger partial charge in [-0.05, 0) is 13.3 Å². The molecule has 0 saturated heterocycles. The third-order valence-corrected chi connectivity index (χ3v) is 2.89. The predicted molar refractivity (Wildman–Crippen MR) is 65.4 cm³/mol. The third kappa shape index (κ3) is 3.92. The Hall–Kier alpha value is -0.160. The molecule has 2 atom stereocenters. The Morgan fingerprint density at radius 3 is 2.71 bits per heavy atom. The van der Waals surface area contributed by atoms with Gasteiger partial charge >= 0.3 is 0 Å². The molecule has 0 bridgehead atoms. The number of rotatable bonds is 5. The molecular formula is C9H16BrN3S. The van der Waals surface area contributed by atoms with Crippen LogP contribution in [0.3, 0.4) is 0 Å². The maximum absolute atomic E-state index is 4.36. The molecule has 14 heavy (non-hydrogen) atoms. The van der Waals surface area contributed by atoms with Gasteiger partial charge in [0, 0.05) is 28.8 Å². The van der Waals surface area contributed by atoms with Crippen molar-refractivity contribution in [2.24, 2.45) is 0 Å². The van der Waals surface area contributed by atoms with Crippen molar-refractivity contribution >= 4 is 32.6 Å². The summed E-state index contributed by atoms with van der Waals surface area (Å²) in [7, 11) is 0. The highest BCUT2D eigenvalue weighted by atomic mass is 79.9. The Labute approximate surface area is 97.6 Å². The van der Waals surface area contributed by atoms with Crippen LogP contribution in [-0.2, 0) is 6.42 Å². The van der Waals surface area contributed by atoms with E-state index in [-0.39, 0.29) is 0 Å². The maximum Gasteiger partial charge on any atom is 0.202 e. The monoisotopic (exact) mass is 277 g/mol. The summed E-state index contributed by atoms with van der Waals surface area (Å²) in [6.07, 6.45) is 1.99. The first-order chi connectivity index (χ1) is 6.61. The van der Waals surface area contributed by atoms with Crippen molar-refractivity contribution in [1.29, 1.82) is 0 Å². The molecule has 1 rings (SSSR count). The van der Waals surface area contributed by atoms with Crippen LogP contribution < -0.4 is 5.32 Å². The summed E-state index contributed by atoms with van der Waals surface area (Å²) in [5.74, 6) is 0.927. The highest BCUT2D eigenvalue weighted by Crippen LogP contribution is 2.15. The lowest BCUT2D eigenvalue weighted by atomic mass is 10.2. The molecule has 0 spiro atoms. The number of aromatic nitrogens is 2. The molecule has 0 fully saturated rings. The second kappa shape index (κ2) is 5.66. The largest absolute Gasteiger partial charge is 0.358 e. The minimum Gasteiger partial charge on any atom is -0.358 e. The lowest BCUT2D eigenvalue weighted by molar-refractivity contribution is 0.707. The second-order valence-corrected chi connectivity index (χ2v) is 5.75. The molecule has 0 aliphatic rings. The minimum atomic E-state index is 0.432. The van der Waals surface area contributed by atoms with Crippen LogP contribution in [0.15, 0.2) is 0 Å². The minimum absolute atomic E-state index is 0.432. The number of aryl methyl sites for hydroxylation is 1. The van der Waals surface area contributed by atoms with Gasteiger partial charge in [-0.25, -0.2) is 4.98 Å². The Bertz CT molecular complexity index is 275. The van der Waals surface area contributed by atoms with E-state index in [0.29, 0.717) is 10.9 Å². The molecule has 0 aliphatic carbocycles. The van der Waals surface area contributed by atoms with Gasteiger partial charge in [0.2, 0.25) is 5.13 Å². The summed E-state index contributed by atoms with van der Waals surface area (Å²) in [5.41, 5.74) is 0. The number of hydrogen-bond acceptors (Lipinski definition) is 4. The first-order valence-corrected chi connectivity index (χ1v) is 6.54. The van der Waals surface area contributed by atoms with Gasteiger partial charge < -0.3 is 5.32 Å². The fourth-order valence-corrected chi connectivity index (χ4v) is 2.54. The van der Waals surface area contributed by atoms with E-state index in [1.807, 2.05) is 0 Å². The molecule has 1 aromatic heterocycles. The predicted octanol–water partition coefficient (Wildman–Crippen LogP) is 3.07. The zero-order chi connectivity index (χ0) is 10.6. The summed E-state index contributed by atoms with van der Waals surface area (Å²) in [6, 6.07) is 0.432. The zero-order valence-corrected chi connectivity index (χ0v) is 11.2. The van der Waals surface area contributed by atoms with Gasteiger partial charge in [0.1, 0.15) is 5.82 Å². The lowest BCUT2D eigenvalue weighted by Crippen LogP contribution is -2.18. The number of nitrogens with zero attached hydrogens (tertiary/aromatic N) is 2. The molecule has 0 amide bonds. The van der Waals surface area contributed by atoms with Gasteiger partial charge in [-0.15, -0.1) is 0 Å². The van der Waals surface area contributed by atoms with Gasteiger partial charge in [0.05, 0.1) is 0 Å². The van der Waals surface area contributed by atoms with E-state index in [9.17, 15) is 0 Å². The van der Waals surface area contributed by atoms with Crippen LogP contribution in [0.1, 0.15) is 33.0 Å². The normalized spacial score (nSPS) is 15.1. The molecule has 0 radical (unpaired) electrons. The molecular weight excluding hydrogens is 262 g/mol. The van der Waals surface area contributed by atoms with Crippen LogP contribution in [0.4, 0.5) is 5.13 Å². The summed E-state index contributed by atoms with van der Waals surface area (Å²) < 4.78 is 4.22. The van der Waals surface area contributed by atoms with Crippen molar-refractivity contribution in [2.45, 2.75) is 44.5 Å². The fraction of sp³-hybridized carbons (Fsp3) is 0.778. The van der Waals surface area contributed by atoms with Crippen molar-refractivity contribution < 1.29 is 0 Å². The average molecular weight is 278 g/mol. The number of halogens is 1. The van der Waals surface area contributed by atoms with Crippen LogP contribution >= 0.6 is 27.5 Å². The Morgan fingerprint density at radius 1 is 1.50 bits per heavy atom. The number of hydrogen-bond donors (Lipinski definition) is 1. The summed E-state index contributed by atoms with van der Waals surface area (Å²) in [4.78, 5) is 4.89. The van der Waals surface area contributed by atoms with Crippen molar-refractivity contribution in [3.05, 3.63) is 5.82 Å². The van der Waals surface area contributed by atoms with E-state index in [0.717, 1.165) is 23.8 Å². The SMILES string of the molecule is CCc1nsc(NC(C)CC(C)Br)n1. The smallest absolute Gasteiger partial charge is 0.202 e. The summed E-state index contributed by atoms with van der Waals surface area (Å²) in [5, 5.41) is 4.28. The molecule has 80 valence electrons. The average Bonchev–Trinajstić information content (AvgIpc) is 2.50. The van der Waals surface area contributed by atoms with Gasteiger partial charge in [-0.1, -0.05) is 29.8 Å². The Morgan fingerprint density at radius 2 is 2.21 bits per heavy atom. The topological polar surface area (TPSA) is 37.8 Å². The van der Waals surface area contributed by atoms with E-state index in [1.165, 1.54) is 11.5 Å². The number of alkyl halides is 1. The van der Waals surface area contributed by atoms with Gasteiger partial charge in [0.25, 0.3) is 0 Å². The van der Waals surface area contributed by atoms with Gasteiger partial charge in [-0.2, -0.15) is 4.37 Å². The Balaban J connectivity index is 2.43. The molecule has 1 N–H and O–H groups in total. The highest BCUT2D eigenvalue weighted by Gasteiger charge is 2.08. The molecule has 2 unspecified atom stereocenters. The molecule has 1 heterocycles. The lowest BCUT2D eigenvalue weighted by Gasteiger charge is -2.13. The molecule has 0 aliphatic heterocycles. The Kier molecular flexibility index (Phi) is 4.81. The third-order valence-electron chi connectivity index (χ3n) is 1.83. The van der Waals surface area contributed by atoms with E-state index in [1.54, 1.807) is 0 Å². The zero-order valence-electron chi connectivity index (χ0n) is 8.75. The van der Waals surface area contributed by atoms with Crippen molar-refractivity contribution in [1.82, 2.24) is 9.36 Å². The maximum atomic E-state index is 4.36. The van der Waals surface area contributed by atoms with Crippen LogP contribution in [0.25, 0.3) is 0 Å². The summed E-state index contributed by atoms with van der Waals surface area (Å²) in [6.45, 7) is 6.37. The second-order valence-electron chi connectivity index (χ2n) is 3.43. The van der Waals surface area contributed by atoms with E-state index in [4.69, 9.17) is 0 Å². The first-order valence-electron chi connectivity index (χ1n) is 4.85. The van der Waals surface area contributed by atoms with E-state index in [2.05, 4.69) is 51.4 Å². The van der Waals surface area contributed by atoms with Crippen LogP contribution in [0, 0.1) is 0 Å². The number of nitrogens with one attached hydrogen (secondary N) is 1. The standard InChI is InChI=1S/C9H16BrN3S/c1-4-8-12-9(14-13-8)11-7(3)5-6(2)10/h6-7H,4-5H2,1-3H3,(H,11,12,13). The molecule has 0 saturated carbocycles. The molecule has 5 heteroatoms. The van der Waals surface area contributed by atoms with Gasteiger partial charge in [-0.3, -0.25) is 0 Å². The summed E-state index contributed by atoms with van der Waals surface area (Å²) >= 11 is 4.98.